The summed E-state index contributed by atoms with van der Waals surface area (Å²) in [4.78, 5) is 1.23. The van der Waals surface area contributed by atoms with Gasteiger partial charge in [-0.15, -0.1) is 11.3 Å². The van der Waals surface area contributed by atoms with E-state index in [4.69, 9.17) is 23.2 Å². The molecular weight excluding hydrogens is 273 g/mol. The Kier molecular flexibility index (Phi) is 4.46. The first-order valence-electron chi connectivity index (χ1n) is 5.36. The molecule has 1 unspecified atom stereocenters. The van der Waals surface area contributed by atoms with Crippen molar-refractivity contribution < 1.29 is 0 Å². The minimum absolute atomic E-state index is 0.257. The van der Waals surface area contributed by atoms with Crippen LogP contribution in [-0.4, -0.2) is 7.05 Å². The largest absolute Gasteiger partial charge is 0.312 e. The number of halogens is 2. The van der Waals surface area contributed by atoms with E-state index in [1.54, 1.807) is 11.3 Å². The van der Waals surface area contributed by atoms with Gasteiger partial charge >= 0.3 is 0 Å². The van der Waals surface area contributed by atoms with E-state index in [1.165, 1.54) is 4.88 Å². The molecule has 0 aliphatic heterocycles. The standard InChI is InChI=1S/C13H13Cl2NS/c1-16-11(12-6-7-13(15)17-12)8-9-4-2-3-5-10(9)14/h2-7,11,16H,8H2,1H3. The van der Waals surface area contributed by atoms with Gasteiger partial charge in [0.15, 0.2) is 0 Å². The van der Waals surface area contributed by atoms with Crippen molar-refractivity contribution in [1.82, 2.24) is 5.32 Å². The van der Waals surface area contributed by atoms with Gasteiger partial charge in [-0.3, -0.25) is 0 Å². The summed E-state index contributed by atoms with van der Waals surface area (Å²) >= 11 is 13.7. The van der Waals surface area contributed by atoms with E-state index in [-0.39, 0.29) is 6.04 Å². The highest BCUT2D eigenvalue weighted by Crippen LogP contribution is 2.30. The van der Waals surface area contributed by atoms with Crippen molar-refractivity contribution in [2.75, 3.05) is 7.05 Å². The van der Waals surface area contributed by atoms with E-state index in [0.29, 0.717) is 0 Å². The molecule has 1 nitrogen and oxygen atoms in total. The maximum Gasteiger partial charge on any atom is 0.0931 e. The lowest BCUT2D eigenvalue weighted by Crippen LogP contribution is -2.17. The van der Waals surface area contributed by atoms with Gasteiger partial charge < -0.3 is 5.32 Å². The smallest absolute Gasteiger partial charge is 0.0931 e. The minimum atomic E-state index is 0.257. The number of likely N-dealkylation sites (N-methyl/N-ethyl adjacent to an activating group) is 1. The van der Waals surface area contributed by atoms with Crippen molar-refractivity contribution >= 4 is 34.5 Å². The number of hydrogen-bond acceptors (Lipinski definition) is 2. The van der Waals surface area contributed by atoms with Crippen molar-refractivity contribution in [3.05, 3.63) is 56.2 Å². The summed E-state index contributed by atoms with van der Waals surface area (Å²) in [7, 11) is 1.95. The molecule has 17 heavy (non-hydrogen) atoms. The molecule has 0 bridgehead atoms. The average molecular weight is 286 g/mol. The van der Waals surface area contributed by atoms with E-state index in [1.807, 2.05) is 31.3 Å². The zero-order chi connectivity index (χ0) is 12.3. The zero-order valence-electron chi connectivity index (χ0n) is 9.41. The second-order valence-corrected chi connectivity index (χ2v) is 5.93. The lowest BCUT2D eigenvalue weighted by Gasteiger charge is -2.15. The highest BCUT2D eigenvalue weighted by atomic mass is 35.5. The first-order valence-corrected chi connectivity index (χ1v) is 6.94. The van der Waals surface area contributed by atoms with Crippen LogP contribution >= 0.6 is 34.5 Å². The summed E-state index contributed by atoms with van der Waals surface area (Å²) < 4.78 is 0.819. The van der Waals surface area contributed by atoms with Gasteiger partial charge in [0.25, 0.3) is 0 Å². The number of thiophene rings is 1. The van der Waals surface area contributed by atoms with E-state index >= 15 is 0 Å². The molecule has 0 saturated heterocycles. The lowest BCUT2D eigenvalue weighted by molar-refractivity contribution is 0.602. The van der Waals surface area contributed by atoms with Gasteiger partial charge in [0, 0.05) is 15.9 Å². The van der Waals surface area contributed by atoms with Crippen molar-refractivity contribution in [1.29, 1.82) is 0 Å². The highest BCUT2D eigenvalue weighted by Gasteiger charge is 2.13. The number of rotatable bonds is 4. The van der Waals surface area contributed by atoms with Crippen LogP contribution in [0.25, 0.3) is 0 Å². The van der Waals surface area contributed by atoms with Crippen LogP contribution in [0, 0.1) is 0 Å². The van der Waals surface area contributed by atoms with Crippen LogP contribution in [-0.2, 0) is 6.42 Å². The van der Waals surface area contributed by atoms with Crippen LogP contribution in [0.2, 0.25) is 9.36 Å². The third-order valence-corrected chi connectivity index (χ3v) is 4.38. The van der Waals surface area contributed by atoms with Gasteiger partial charge in [-0.2, -0.15) is 0 Å². The fourth-order valence-electron chi connectivity index (χ4n) is 1.74. The average Bonchev–Trinajstić information content (AvgIpc) is 2.75. The summed E-state index contributed by atoms with van der Waals surface area (Å²) in [6, 6.07) is 12.2. The molecule has 4 heteroatoms. The van der Waals surface area contributed by atoms with Crippen LogP contribution in [0.3, 0.4) is 0 Å². The van der Waals surface area contributed by atoms with Crippen LogP contribution in [0.4, 0.5) is 0 Å². The Hall–Kier alpha value is -0.540. The Balaban J connectivity index is 2.18. The minimum Gasteiger partial charge on any atom is -0.312 e. The molecule has 0 aliphatic rings. The normalized spacial score (nSPS) is 12.6. The van der Waals surface area contributed by atoms with Crippen LogP contribution in [0.15, 0.2) is 36.4 Å². The third kappa shape index (κ3) is 3.23. The molecule has 1 atom stereocenters. The summed E-state index contributed by atoms with van der Waals surface area (Å²) in [6.07, 6.45) is 0.868. The maximum absolute atomic E-state index is 6.17. The van der Waals surface area contributed by atoms with Crippen LogP contribution in [0.1, 0.15) is 16.5 Å². The molecule has 0 fully saturated rings. The van der Waals surface area contributed by atoms with Crippen molar-refractivity contribution in [2.45, 2.75) is 12.5 Å². The van der Waals surface area contributed by atoms with E-state index in [2.05, 4.69) is 17.4 Å². The Morgan fingerprint density at radius 1 is 1.18 bits per heavy atom. The fourth-order valence-corrected chi connectivity index (χ4v) is 3.13. The molecule has 1 heterocycles. The van der Waals surface area contributed by atoms with Crippen LogP contribution < -0.4 is 5.32 Å². The number of hydrogen-bond donors (Lipinski definition) is 1. The van der Waals surface area contributed by atoms with E-state index in [0.717, 1.165) is 21.3 Å². The first kappa shape index (κ1) is 12.9. The molecule has 1 N–H and O–H groups in total. The molecule has 0 aliphatic carbocycles. The Morgan fingerprint density at radius 3 is 2.53 bits per heavy atom. The second kappa shape index (κ2) is 5.87. The SMILES string of the molecule is CNC(Cc1ccccc1Cl)c1ccc(Cl)s1. The molecule has 1 aromatic heterocycles. The topological polar surface area (TPSA) is 12.0 Å². The van der Waals surface area contributed by atoms with Gasteiger partial charge in [0.1, 0.15) is 0 Å². The zero-order valence-corrected chi connectivity index (χ0v) is 11.7. The van der Waals surface area contributed by atoms with Crippen molar-refractivity contribution in [3.63, 3.8) is 0 Å². The highest BCUT2D eigenvalue weighted by molar-refractivity contribution is 7.16. The van der Waals surface area contributed by atoms with Crippen molar-refractivity contribution in [3.8, 4) is 0 Å². The Morgan fingerprint density at radius 2 is 1.94 bits per heavy atom. The van der Waals surface area contributed by atoms with E-state index < -0.39 is 0 Å². The first-order chi connectivity index (χ1) is 8.20. The van der Waals surface area contributed by atoms with Gasteiger partial charge in [-0.1, -0.05) is 41.4 Å². The monoisotopic (exact) mass is 285 g/mol. The van der Waals surface area contributed by atoms with E-state index in [9.17, 15) is 0 Å². The number of nitrogens with one attached hydrogen (secondary N) is 1. The molecular formula is C13H13Cl2NS. The fraction of sp³-hybridized carbons (Fsp3) is 0.231. The van der Waals surface area contributed by atoms with Gasteiger partial charge in [0.2, 0.25) is 0 Å². The van der Waals surface area contributed by atoms with Gasteiger partial charge in [0.05, 0.1) is 4.34 Å². The quantitative estimate of drug-likeness (QED) is 0.869. The summed E-state index contributed by atoms with van der Waals surface area (Å²) in [5.41, 5.74) is 1.15. The predicted molar refractivity (Wildman–Crippen MR) is 76.3 cm³/mol. The molecule has 90 valence electrons. The molecule has 1 aromatic carbocycles. The maximum atomic E-state index is 6.17. The summed E-state index contributed by atoms with van der Waals surface area (Å²) in [6.45, 7) is 0. The molecule has 2 rings (SSSR count). The summed E-state index contributed by atoms with van der Waals surface area (Å²) in [5.74, 6) is 0. The lowest BCUT2D eigenvalue weighted by atomic mass is 10.0. The Bertz CT molecular complexity index is 496. The third-order valence-electron chi connectivity index (χ3n) is 2.67. The molecule has 2 aromatic rings. The van der Waals surface area contributed by atoms with Gasteiger partial charge in [-0.25, -0.2) is 0 Å². The van der Waals surface area contributed by atoms with Gasteiger partial charge in [-0.05, 0) is 37.2 Å². The predicted octanol–water partition coefficient (Wildman–Crippen LogP) is 4.56. The van der Waals surface area contributed by atoms with Crippen molar-refractivity contribution in [2.24, 2.45) is 0 Å². The molecule has 0 amide bonds. The molecule has 0 radical (unpaired) electrons. The molecule has 0 saturated carbocycles. The van der Waals surface area contributed by atoms with Crippen LogP contribution in [0.5, 0.6) is 0 Å². The number of benzene rings is 1. The Labute approximate surface area is 115 Å². The second-order valence-electron chi connectivity index (χ2n) is 3.78. The summed E-state index contributed by atoms with van der Waals surface area (Å²) in [5, 5.41) is 4.12. The molecule has 0 spiro atoms.